The summed E-state index contributed by atoms with van der Waals surface area (Å²) in [6, 6.07) is 3.26. The maximum Gasteiger partial charge on any atom is 0.238 e. The molecule has 0 saturated heterocycles. The van der Waals surface area contributed by atoms with Gasteiger partial charge in [0.05, 0.1) is 12.8 Å². The van der Waals surface area contributed by atoms with E-state index in [9.17, 15) is 8.42 Å². The molecule has 0 aliphatic carbocycles. The topological polar surface area (TPSA) is 56.3 Å². The quantitative estimate of drug-likeness (QED) is 0.745. The number of pyridine rings is 1. The van der Waals surface area contributed by atoms with Gasteiger partial charge in [-0.15, -0.1) is 0 Å². The molecule has 0 atom stereocenters. The van der Waals surface area contributed by atoms with E-state index in [2.05, 4.69) is 4.98 Å². The van der Waals surface area contributed by atoms with Crippen molar-refractivity contribution >= 4 is 19.7 Å². The highest BCUT2D eigenvalue weighted by molar-refractivity contribution is 8.13. The molecule has 0 N–H and O–H groups in total. The average Bonchev–Trinajstić information content (AvgIpc) is 1.99. The van der Waals surface area contributed by atoms with Crippen molar-refractivity contribution in [2.75, 3.05) is 7.11 Å². The molecule has 78 valence electrons. The molecule has 0 radical (unpaired) electrons. The Kier molecular flexibility index (Phi) is 3.34. The number of ether oxygens (including phenoxy) is 1. The molecule has 0 aliphatic heterocycles. The monoisotopic (exact) mass is 235 g/mol. The van der Waals surface area contributed by atoms with Crippen molar-refractivity contribution in [3.05, 3.63) is 23.5 Å². The molecule has 1 aromatic heterocycles. The number of hydrogen-bond donors (Lipinski definition) is 0. The fourth-order valence-electron chi connectivity index (χ4n) is 1.07. The van der Waals surface area contributed by atoms with Crippen LogP contribution in [0.3, 0.4) is 0 Å². The van der Waals surface area contributed by atoms with Crippen molar-refractivity contribution in [3.63, 3.8) is 0 Å². The minimum Gasteiger partial charge on any atom is -0.497 e. The molecule has 14 heavy (non-hydrogen) atoms. The highest BCUT2D eigenvalue weighted by Crippen LogP contribution is 2.16. The smallest absolute Gasteiger partial charge is 0.238 e. The maximum absolute atomic E-state index is 10.8. The van der Waals surface area contributed by atoms with E-state index in [1.54, 1.807) is 19.1 Å². The van der Waals surface area contributed by atoms with Crippen molar-refractivity contribution in [1.82, 2.24) is 4.98 Å². The van der Waals surface area contributed by atoms with Crippen molar-refractivity contribution in [2.45, 2.75) is 12.7 Å². The van der Waals surface area contributed by atoms with Crippen LogP contribution >= 0.6 is 10.7 Å². The molecular weight excluding hydrogens is 226 g/mol. The van der Waals surface area contributed by atoms with E-state index < -0.39 is 9.05 Å². The number of nitrogens with zero attached hydrogens (tertiary/aromatic N) is 1. The first-order valence-electron chi connectivity index (χ1n) is 3.84. The van der Waals surface area contributed by atoms with E-state index in [0.717, 1.165) is 0 Å². The van der Waals surface area contributed by atoms with Crippen molar-refractivity contribution in [2.24, 2.45) is 0 Å². The van der Waals surface area contributed by atoms with Crippen LogP contribution in [0.25, 0.3) is 0 Å². The minimum atomic E-state index is -3.56. The molecule has 0 amide bonds. The second-order valence-corrected chi connectivity index (χ2v) is 5.60. The zero-order chi connectivity index (χ0) is 10.8. The third-order valence-corrected chi connectivity index (χ3v) is 2.50. The van der Waals surface area contributed by atoms with Gasteiger partial charge in [0.25, 0.3) is 0 Å². The second kappa shape index (κ2) is 4.14. The molecular formula is C8H10ClNO3S. The Bertz CT molecular complexity index is 430. The number of methoxy groups -OCH3 is 1. The summed E-state index contributed by atoms with van der Waals surface area (Å²) >= 11 is 0. The minimum absolute atomic E-state index is 0.285. The predicted molar refractivity (Wildman–Crippen MR) is 54.0 cm³/mol. The van der Waals surface area contributed by atoms with Crippen LogP contribution in [0.4, 0.5) is 0 Å². The van der Waals surface area contributed by atoms with Gasteiger partial charge < -0.3 is 4.74 Å². The van der Waals surface area contributed by atoms with Gasteiger partial charge in [-0.3, -0.25) is 4.98 Å². The Labute approximate surface area is 87.3 Å². The number of rotatable bonds is 3. The van der Waals surface area contributed by atoms with Crippen LogP contribution in [-0.2, 0) is 14.8 Å². The van der Waals surface area contributed by atoms with Crippen molar-refractivity contribution in [1.29, 1.82) is 0 Å². The SMILES string of the molecule is COc1cc(C)nc(CS(=O)(=O)Cl)c1. The Balaban J connectivity index is 3.04. The first kappa shape index (κ1) is 11.3. The summed E-state index contributed by atoms with van der Waals surface area (Å²) in [6.07, 6.45) is 0. The van der Waals surface area contributed by atoms with Crippen LogP contribution in [0, 0.1) is 6.92 Å². The van der Waals surface area contributed by atoms with E-state index in [1.165, 1.54) is 7.11 Å². The first-order chi connectivity index (χ1) is 6.40. The van der Waals surface area contributed by atoms with Gasteiger partial charge in [0.1, 0.15) is 11.5 Å². The number of halogens is 1. The number of hydrogen-bond acceptors (Lipinski definition) is 4. The number of aryl methyl sites for hydroxylation is 1. The molecule has 0 bridgehead atoms. The molecule has 0 saturated carbocycles. The number of aromatic nitrogens is 1. The normalized spacial score (nSPS) is 11.4. The molecule has 1 aromatic rings. The fourth-order valence-corrected chi connectivity index (χ4v) is 1.91. The lowest BCUT2D eigenvalue weighted by Crippen LogP contribution is -2.00. The van der Waals surface area contributed by atoms with Gasteiger partial charge in [0.15, 0.2) is 0 Å². The zero-order valence-corrected chi connectivity index (χ0v) is 9.39. The lowest BCUT2D eigenvalue weighted by atomic mass is 10.3. The predicted octanol–water partition coefficient (Wildman–Crippen LogP) is 1.47. The molecule has 0 aliphatic rings. The molecule has 4 nitrogen and oxygen atoms in total. The second-order valence-electron chi connectivity index (χ2n) is 2.82. The first-order valence-corrected chi connectivity index (χ1v) is 6.32. The van der Waals surface area contributed by atoms with Crippen LogP contribution < -0.4 is 4.74 Å². The Morgan fingerprint density at radius 3 is 2.64 bits per heavy atom. The summed E-state index contributed by atoms with van der Waals surface area (Å²) in [5.74, 6) is 0.292. The lowest BCUT2D eigenvalue weighted by Gasteiger charge is -2.03. The van der Waals surface area contributed by atoms with E-state index in [4.69, 9.17) is 15.4 Å². The van der Waals surface area contributed by atoms with E-state index in [-0.39, 0.29) is 5.75 Å². The van der Waals surface area contributed by atoms with E-state index in [0.29, 0.717) is 17.1 Å². The molecule has 1 heterocycles. The van der Waals surface area contributed by atoms with Crippen LogP contribution in [-0.4, -0.2) is 20.5 Å². The summed E-state index contributed by atoms with van der Waals surface area (Å²) in [5, 5.41) is 0. The van der Waals surface area contributed by atoms with Crippen molar-refractivity contribution in [3.8, 4) is 5.75 Å². The van der Waals surface area contributed by atoms with Gasteiger partial charge in [0, 0.05) is 28.5 Å². The Morgan fingerprint density at radius 2 is 2.14 bits per heavy atom. The van der Waals surface area contributed by atoms with Crippen molar-refractivity contribution < 1.29 is 13.2 Å². The van der Waals surface area contributed by atoms with Crippen LogP contribution in [0.1, 0.15) is 11.4 Å². The van der Waals surface area contributed by atoms with E-state index in [1.807, 2.05) is 0 Å². The summed E-state index contributed by atoms with van der Waals surface area (Å²) in [5.41, 5.74) is 1.08. The van der Waals surface area contributed by atoms with Crippen LogP contribution in [0.5, 0.6) is 5.75 Å². The summed E-state index contributed by atoms with van der Waals surface area (Å²) in [7, 11) is 3.05. The molecule has 0 unspecified atom stereocenters. The Hall–Kier alpha value is -0.810. The molecule has 0 aromatic carbocycles. The third kappa shape index (κ3) is 3.51. The molecule has 0 spiro atoms. The summed E-state index contributed by atoms with van der Waals surface area (Å²) < 4.78 is 26.6. The zero-order valence-electron chi connectivity index (χ0n) is 7.82. The van der Waals surface area contributed by atoms with Crippen LogP contribution in [0.15, 0.2) is 12.1 Å². The van der Waals surface area contributed by atoms with Gasteiger partial charge in [-0.05, 0) is 6.92 Å². The van der Waals surface area contributed by atoms with Gasteiger partial charge in [-0.2, -0.15) is 0 Å². The molecule has 0 fully saturated rings. The van der Waals surface area contributed by atoms with Gasteiger partial charge in [0.2, 0.25) is 9.05 Å². The van der Waals surface area contributed by atoms with E-state index >= 15 is 0 Å². The molecule has 6 heteroatoms. The van der Waals surface area contributed by atoms with Crippen LogP contribution in [0.2, 0.25) is 0 Å². The summed E-state index contributed by atoms with van der Waals surface area (Å²) in [4.78, 5) is 4.02. The fraction of sp³-hybridized carbons (Fsp3) is 0.375. The van der Waals surface area contributed by atoms with Gasteiger partial charge in [-0.25, -0.2) is 8.42 Å². The largest absolute Gasteiger partial charge is 0.497 e. The molecule has 1 rings (SSSR count). The lowest BCUT2D eigenvalue weighted by molar-refractivity contribution is 0.413. The standard InChI is InChI=1S/C8H10ClNO3S/c1-6-3-8(13-2)4-7(10-6)5-14(9,11)12/h3-4H,5H2,1-2H3. The highest BCUT2D eigenvalue weighted by Gasteiger charge is 2.09. The van der Waals surface area contributed by atoms with Gasteiger partial charge >= 0.3 is 0 Å². The maximum atomic E-state index is 10.8. The Morgan fingerprint density at radius 1 is 1.50 bits per heavy atom. The summed E-state index contributed by atoms with van der Waals surface area (Å²) in [6.45, 7) is 1.76. The highest BCUT2D eigenvalue weighted by atomic mass is 35.7. The average molecular weight is 236 g/mol. The van der Waals surface area contributed by atoms with Gasteiger partial charge in [-0.1, -0.05) is 0 Å². The third-order valence-electron chi connectivity index (χ3n) is 1.54.